The standard InChI is InChI=1S/C15H20O/c1-11(2)14-7-5-13(6-8-14)9-15(10-16)12(3)4/h5-12H,1-4H3. The van der Waals surface area contributed by atoms with Gasteiger partial charge in [-0.15, -0.1) is 0 Å². The molecule has 0 spiro atoms. The summed E-state index contributed by atoms with van der Waals surface area (Å²) in [7, 11) is 0. The molecule has 86 valence electrons. The van der Waals surface area contributed by atoms with Crippen LogP contribution in [0.1, 0.15) is 44.7 Å². The predicted molar refractivity (Wildman–Crippen MR) is 69.4 cm³/mol. The number of allylic oxidation sites excluding steroid dienone is 1. The highest BCUT2D eigenvalue weighted by atomic mass is 16.1. The molecule has 0 unspecified atom stereocenters. The maximum Gasteiger partial charge on any atom is 0.146 e. The fourth-order valence-electron chi connectivity index (χ4n) is 1.51. The second-order valence-corrected chi connectivity index (χ2v) is 4.74. The van der Waals surface area contributed by atoms with Crippen molar-refractivity contribution in [1.29, 1.82) is 0 Å². The predicted octanol–water partition coefficient (Wildman–Crippen LogP) is 4.05. The van der Waals surface area contributed by atoms with Crippen LogP contribution < -0.4 is 0 Å². The summed E-state index contributed by atoms with van der Waals surface area (Å²) < 4.78 is 0. The zero-order valence-corrected chi connectivity index (χ0v) is 10.5. The molecule has 0 aliphatic heterocycles. The number of carbonyl (C=O) groups is 1. The van der Waals surface area contributed by atoms with E-state index in [1.165, 1.54) is 5.56 Å². The Morgan fingerprint density at radius 2 is 1.62 bits per heavy atom. The Kier molecular flexibility index (Phi) is 4.48. The van der Waals surface area contributed by atoms with Gasteiger partial charge in [-0.05, 0) is 34.6 Å². The first-order chi connectivity index (χ1) is 7.54. The van der Waals surface area contributed by atoms with Crippen molar-refractivity contribution in [2.75, 3.05) is 0 Å². The van der Waals surface area contributed by atoms with Gasteiger partial charge in [-0.2, -0.15) is 0 Å². The van der Waals surface area contributed by atoms with Crippen LogP contribution in [-0.4, -0.2) is 6.29 Å². The molecule has 0 aliphatic carbocycles. The van der Waals surface area contributed by atoms with E-state index in [2.05, 4.69) is 38.1 Å². The van der Waals surface area contributed by atoms with Crippen LogP contribution in [0, 0.1) is 5.92 Å². The van der Waals surface area contributed by atoms with E-state index >= 15 is 0 Å². The molecule has 0 fully saturated rings. The molecule has 1 rings (SSSR count). The molecule has 1 heteroatoms. The van der Waals surface area contributed by atoms with E-state index in [4.69, 9.17) is 0 Å². The highest BCUT2D eigenvalue weighted by Gasteiger charge is 2.02. The number of rotatable bonds is 4. The molecule has 0 radical (unpaired) electrons. The summed E-state index contributed by atoms with van der Waals surface area (Å²) in [4.78, 5) is 10.9. The van der Waals surface area contributed by atoms with Gasteiger partial charge >= 0.3 is 0 Å². The van der Waals surface area contributed by atoms with Gasteiger partial charge in [0.2, 0.25) is 0 Å². The highest BCUT2D eigenvalue weighted by Crippen LogP contribution is 2.17. The molecule has 0 bridgehead atoms. The van der Waals surface area contributed by atoms with Gasteiger partial charge in [-0.25, -0.2) is 0 Å². The lowest BCUT2D eigenvalue weighted by Crippen LogP contribution is -1.95. The number of carbonyl (C=O) groups excluding carboxylic acids is 1. The van der Waals surface area contributed by atoms with Crippen LogP contribution in [0.5, 0.6) is 0 Å². The van der Waals surface area contributed by atoms with Crippen molar-refractivity contribution >= 4 is 12.4 Å². The summed E-state index contributed by atoms with van der Waals surface area (Å²) in [6, 6.07) is 8.39. The molecule has 0 heterocycles. The Hall–Kier alpha value is -1.37. The van der Waals surface area contributed by atoms with Crippen molar-refractivity contribution in [1.82, 2.24) is 0 Å². The third kappa shape index (κ3) is 3.34. The average molecular weight is 216 g/mol. The fraction of sp³-hybridized carbons (Fsp3) is 0.400. The molecular formula is C15H20O. The van der Waals surface area contributed by atoms with Crippen molar-refractivity contribution in [2.45, 2.75) is 33.6 Å². The summed E-state index contributed by atoms with van der Waals surface area (Å²) in [6.07, 6.45) is 2.91. The van der Waals surface area contributed by atoms with Crippen molar-refractivity contribution in [3.8, 4) is 0 Å². The molecular weight excluding hydrogens is 196 g/mol. The van der Waals surface area contributed by atoms with Gasteiger partial charge in [-0.3, -0.25) is 4.79 Å². The van der Waals surface area contributed by atoms with E-state index in [1.807, 2.05) is 19.9 Å². The van der Waals surface area contributed by atoms with E-state index < -0.39 is 0 Å². The molecule has 0 N–H and O–H groups in total. The van der Waals surface area contributed by atoms with Crippen molar-refractivity contribution in [3.05, 3.63) is 41.0 Å². The summed E-state index contributed by atoms with van der Waals surface area (Å²) in [5.74, 6) is 0.830. The summed E-state index contributed by atoms with van der Waals surface area (Å²) in [5, 5.41) is 0. The fourth-order valence-corrected chi connectivity index (χ4v) is 1.51. The minimum Gasteiger partial charge on any atom is -0.298 e. The first-order valence-corrected chi connectivity index (χ1v) is 5.81. The van der Waals surface area contributed by atoms with E-state index in [9.17, 15) is 4.79 Å². The smallest absolute Gasteiger partial charge is 0.146 e. The van der Waals surface area contributed by atoms with Gasteiger partial charge < -0.3 is 0 Å². The second-order valence-electron chi connectivity index (χ2n) is 4.74. The SMILES string of the molecule is CC(C)C(C=O)=Cc1ccc(C(C)C)cc1. The lowest BCUT2D eigenvalue weighted by Gasteiger charge is -2.06. The second kappa shape index (κ2) is 5.64. The lowest BCUT2D eigenvalue weighted by atomic mass is 9.98. The van der Waals surface area contributed by atoms with Gasteiger partial charge in [0, 0.05) is 0 Å². The molecule has 1 nitrogen and oxygen atoms in total. The Bertz CT molecular complexity index is 369. The molecule has 0 saturated heterocycles. The molecule has 1 aromatic carbocycles. The lowest BCUT2D eigenvalue weighted by molar-refractivity contribution is -0.105. The molecule has 0 atom stereocenters. The topological polar surface area (TPSA) is 17.1 Å². The van der Waals surface area contributed by atoms with E-state index in [0.717, 1.165) is 17.4 Å². The Morgan fingerprint density at radius 1 is 1.06 bits per heavy atom. The van der Waals surface area contributed by atoms with Crippen LogP contribution >= 0.6 is 0 Å². The van der Waals surface area contributed by atoms with Crippen molar-refractivity contribution in [2.24, 2.45) is 5.92 Å². The zero-order valence-electron chi connectivity index (χ0n) is 10.5. The minimum atomic E-state index is 0.280. The molecule has 0 amide bonds. The van der Waals surface area contributed by atoms with Crippen LogP contribution in [0.15, 0.2) is 29.8 Å². The number of aldehydes is 1. The van der Waals surface area contributed by atoms with Crippen LogP contribution in [0.25, 0.3) is 6.08 Å². The third-order valence-corrected chi connectivity index (χ3v) is 2.74. The van der Waals surface area contributed by atoms with Crippen LogP contribution in [0.3, 0.4) is 0 Å². The van der Waals surface area contributed by atoms with Gasteiger partial charge in [0.25, 0.3) is 0 Å². The maximum absolute atomic E-state index is 10.9. The van der Waals surface area contributed by atoms with E-state index in [1.54, 1.807) is 0 Å². The van der Waals surface area contributed by atoms with Gasteiger partial charge in [0.15, 0.2) is 0 Å². The number of hydrogen-bond donors (Lipinski definition) is 0. The Balaban J connectivity index is 2.94. The monoisotopic (exact) mass is 216 g/mol. The van der Waals surface area contributed by atoms with Crippen LogP contribution in [0.4, 0.5) is 0 Å². The maximum atomic E-state index is 10.9. The molecule has 1 aromatic rings. The van der Waals surface area contributed by atoms with Gasteiger partial charge in [0.1, 0.15) is 6.29 Å². The van der Waals surface area contributed by atoms with Crippen LogP contribution in [-0.2, 0) is 4.79 Å². The Labute approximate surface area is 98.2 Å². The summed E-state index contributed by atoms with van der Waals surface area (Å²) in [6.45, 7) is 8.41. The molecule has 16 heavy (non-hydrogen) atoms. The first-order valence-electron chi connectivity index (χ1n) is 5.81. The summed E-state index contributed by atoms with van der Waals surface area (Å²) in [5.41, 5.74) is 3.27. The van der Waals surface area contributed by atoms with E-state index in [0.29, 0.717) is 5.92 Å². The Morgan fingerprint density at radius 3 is 2.00 bits per heavy atom. The minimum absolute atomic E-state index is 0.280. The number of benzene rings is 1. The molecule has 0 saturated carbocycles. The summed E-state index contributed by atoms with van der Waals surface area (Å²) >= 11 is 0. The van der Waals surface area contributed by atoms with Gasteiger partial charge in [0.05, 0.1) is 0 Å². The van der Waals surface area contributed by atoms with Crippen molar-refractivity contribution in [3.63, 3.8) is 0 Å². The number of hydrogen-bond acceptors (Lipinski definition) is 1. The zero-order chi connectivity index (χ0) is 12.1. The molecule has 0 aliphatic rings. The van der Waals surface area contributed by atoms with Gasteiger partial charge in [-0.1, -0.05) is 52.0 Å². The van der Waals surface area contributed by atoms with E-state index in [-0.39, 0.29) is 5.92 Å². The largest absolute Gasteiger partial charge is 0.298 e. The highest BCUT2D eigenvalue weighted by molar-refractivity contribution is 5.82. The average Bonchev–Trinajstić information content (AvgIpc) is 2.26. The van der Waals surface area contributed by atoms with Crippen LogP contribution in [0.2, 0.25) is 0 Å². The van der Waals surface area contributed by atoms with Crippen molar-refractivity contribution < 1.29 is 4.79 Å². The quantitative estimate of drug-likeness (QED) is 0.548. The molecule has 0 aromatic heterocycles. The normalized spacial score (nSPS) is 12.2. The first kappa shape index (κ1) is 12.7. The third-order valence-electron chi connectivity index (χ3n) is 2.74.